The number of hydrogen-bond acceptors (Lipinski definition) is 5. The number of carboxylic acid groups (broad SMARTS) is 1. The molecule has 0 bridgehead atoms. The average Bonchev–Trinajstić information content (AvgIpc) is 2.86. The van der Waals surface area contributed by atoms with Crippen molar-refractivity contribution in [2.45, 2.75) is 31.2 Å². The molecular formula is C27H28N2O4. The molecule has 2 atom stereocenters. The predicted octanol–water partition coefficient (Wildman–Crippen LogP) is 4.83. The van der Waals surface area contributed by atoms with Gasteiger partial charge in [-0.15, -0.1) is 0 Å². The molecular weight excluding hydrogens is 416 g/mol. The monoisotopic (exact) mass is 444 g/mol. The molecule has 0 aliphatic heterocycles. The molecule has 6 heteroatoms. The number of aliphatic carboxylic acids is 1. The Balaban J connectivity index is 1.38. The van der Waals surface area contributed by atoms with E-state index in [1.165, 1.54) is 5.56 Å². The van der Waals surface area contributed by atoms with Crippen LogP contribution in [0.15, 0.2) is 85.2 Å². The van der Waals surface area contributed by atoms with Gasteiger partial charge >= 0.3 is 5.97 Å². The minimum absolute atomic E-state index is 0.113. The summed E-state index contributed by atoms with van der Waals surface area (Å²) in [6.07, 6.45) is 10.8. The number of carbonyl (C=O) groups is 1. The first-order valence-electron chi connectivity index (χ1n) is 11.2. The van der Waals surface area contributed by atoms with Crippen LogP contribution < -0.4 is 10.2 Å². The summed E-state index contributed by atoms with van der Waals surface area (Å²) in [7, 11) is 0. The van der Waals surface area contributed by atoms with Crippen LogP contribution in [0, 0.1) is 0 Å². The Hall–Kier alpha value is -3.48. The van der Waals surface area contributed by atoms with E-state index in [0.717, 1.165) is 36.0 Å². The van der Waals surface area contributed by atoms with Crippen molar-refractivity contribution in [1.82, 2.24) is 10.5 Å². The summed E-state index contributed by atoms with van der Waals surface area (Å²) in [6.45, 7) is 0.0978. The van der Waals surface area contributed by atoms with E-state index >= 15 is 0 Å². The lowest BCUT2D eigenvalue weighted by molar-refractivity contribution is -0.139. The van der Waals surface area contributed by atoms with E-state index in [9.17, 15) is 4.79 Å². The molecule has 4 rings (SSSR count). The molecule has 170 valence electrons. The van der Waals surface area contributed by atoms with Crippen molar-refractivity contribution in [3.05, 3.63) is 107 Å². The average molecular weight is 445 g/mol. The molecule has 0 radical (unpaired) electrons. The minimum atomic E-state index is -0.968. The van der Waals surface area contributed by atoms with Gasteiger partial charge in [-0.3, -0.25) is 9.82 Å². The number of nitrogens with one attached hydrogen (secondary N) is 1. The zero-order valence-corrected chi connectivity index (χ0v) is 18.4. The van der Waals surface area contributed by atoms with Crippen molar-refractivity contribution >= 4 is 5.97 Å². The normalized spacial score (nSPS) is 16.3. The zero-order chi connectivity index (χ0) is 22.9. The molecule has 1 aliphatic carbocycles. The number of allylic oxidation sites excluding steroid dienone is 1. The molecule has 1 aromatic heterocycles. The van der Waals surface area contributed by atoms with Crippen LogP contribution in [0.1, 0.15) is 47.1 Å². The van der Waals surface area contributed by atoms with E-state index in [0.29, 0.717) is 12.4 Å². The second-order valence-corrected chi connectivity index (χ2v) is 7.99. The Morgan fingerprint density at radius 1 is 1.12 bits per heavy atom. The Morgan fingerprint density at radius 2 is 1.97 bits per heavy atom. The number of hydroxylamine groups is 1. The Bertz CT molecular complexity index is 1030. The third-order valence-corrected chi connectivity index (χ3v) is 5.76. The van der Waals surface area contributed by atoms with Crippen molar-refractivity contribution in [2.24, 2.45) is 0 Å². The first-order chi connectivity index (χ1) is 16.2. The Kier molecular flexibility index (Phi) is 7.85. The lowest BCUT2D eigenvalue weighted by Gasteiger charge is -2.25. The lowest BCUT2D eigenvalue weighted by atomic mass is 9.82. The number of fused-ring (bicyclic) bond motifs is 1. The number of hydrogen-bond donors (Lipinski definition) is 2. The van der Waals surface area contributed by atoms with Gasteiger partial charge in [0, 0.05) is 18.3 Å². The molecule has 2 N–H and O–H groups in total. The lowest BCUT2D eigenvalue weighted by Crippen LogP contribution is -2.23. The summed E-state index contributed by atoms with van der Waals surface area (Å²) >= 11 is 0. The van der Waals surface area contributed by atoms with Gasteiger partial charge in [-0.1, -0.05) is 60.7 Å². The summed E-state index contributed by atoms with van der Waals surface area (Å²) in [6, 6.07) is 19.9. The van der Waals surface area contributed by atoms with Gasteiger partial charge in [-0.25, -0.2) is 4.79 Å². The fourth-order valence-electron chi connectivity index (χ4n) is 4.25. The van der Waals surface area contributed by atoms with E-state index in [2.05, 4.69) is 34.7 Å². The van der Waals surface area contributed by atoms with Crippen molar-refractivity contribution < 1.29 is 19.5 Å². The Labute approximate surface area is 193 Å². The van der Waals surface area contributed by atoms with E-state index < -0.39 is 5.97 Å². The molecule has 6 nitrogen and oxygen atoms in total. The molecule has 0 saturated heterocycles. The topological polar surface area (TPSA) is 80.7 Å². The van der Waals surface area contributed by atoms with Crippen LogP contribution in [-0.2, 0) is 16.1 Å². The van der Waals surface area contributed by atoms with Gasteiger partial charge in [0.05, 0.1) is 12.6 Å². The van der Waals surface area contributed by atoms with Gasteiger partial charge in [0.15, 0.2) is 6.61 Å². The largest absolute Gasteiger partial charge is 0.482 e. The molecule has 0 spiro atoms. The molecule has 1 heterocycles. The third kappa shape index (κ3) is 6.06. The highest BCUT2D eigenvalue weighted by molar-refractivity contribution is 5.68. The van der Waals surface area contributed by atoms with Gasteiger partial charge in [0.1, 0.15) is 5.75 Å². The predicted molar refractivity (Wildman–Crippen MR) is 126 cm³/mol. The number of carboxylic acids is 1. The molecule has 0 amide bonds. The van der Waals surface area contributed by atoms with E-state index in [-0.39, 0.29) is 18.6 Å². The van der Waals surface area contributed by atoms with Gasteiger partial charge in [0.2, 0.25) is 0 Å². The van der Waals surface area contributed by atoms with Gasteiger partial charge in [-0.05, 0) is 53.6 Å². The van der Waals surface area contributed by atoms with Crippen LogP contribution in [0.3, 0.4) is 0 Å². The first kappa shape index (κ1) is 22.7. The zero-order valence-electron chi connectivity index (χ0n) is 18.4. The standard InChI is InChI=1S/C27H28N2O4/c30-26(31)19-32-25-15-5-13-23-20(10-4-14-24(23)25)12-7-17-33-29-27(21-8-2-1-3-9-21)22-11-6-16-28-18-22/h1-3,5-9,11-13,15-16,18,20,27,29H,4,10,14,17,19H2,(H,30,31)/b12-7+. The number of benzene rings is 2. The van der Waals surface area contributed by atoms with Crippen molar-refractivity contribution in [3.63, 3.8) is 0 Å². The fourth-order valence-corrected chi connectivity index (χ4v) is 4.25. The van der Waals surface area contributed by atoms with Crippen LogP contribution in [0.5, 0.6) is 5.75 Å². The molecule has 0 saturated carbocycles. The highest BCUT2D eigenvalue weighted by Crippen LogP contribution is 2.37. The molecule has 0 fully saturated rings. The van der Waals surface area contributed by atoms with E-state index in [4.69, 9.17) is 14.7 Å². The maximum absolute atomic E-state index is 10.9. The summed E-state index contributed by atoms with van der Waals surface area (Å²) in [5.74, 6) is -0.0355. The minimum Gasteiger partial charge on any atom is -0.482 e. The molecule has 2 unspecified atom stereocenters. The van der Waals surface area contributed by atoms with Crippen LogP contribution in [-0.4, -0.2) is 29.3 Å². The molecule has 33 heavy (non-hydrogen) atoms. The highest BCUT2D eigenvalue weighted by Gasteiger charge is 2.21. The Morgan fingerprint density at radius 3 is 2.76 bits per heavy atom. The van der Waals surface area contributed by atoms with Gasteiger partial charge in [0.25, 0.3) is 0 Å². The number of ether oxygens (including phenoxy) is 1. The summed E-state index contributed by atoms with van der Waals surface area (Å²) in [5.41, 5.74) is 7.62. The SMILES string of the molecule is O=C(O)COc1cccc2c1CCCC2/C=C/CONC(c1ccccc1)c1cccnc1. The summed E-state index contributed by atoms with van der Waals surface area (Å²) in [5, 5.41) is 8.92. The highest BCUT2D eigenvalue weighted by atomic mass is 16.6. The van der Waals surface area contributed by atoms with Crippen LogP contribution in [0.4, 0.5) is 0 Å². The first-order valence-corrected chi connectivity index (χ1v) is 11.2. The van der Waals surface area contributed by atoms with Crippen LogP contribution >= 0.6 is 0 Å². The summed E-state index contributed by atoms with van der Waals surface area (Å²) < 4.78 is 5.50. The fraction of sp³-hybridized carbons (Fsp3) is 0.259. The van der Waals surface area contributed by atoms with E-state index in [1.807, 2.05) is 54.7 Å². The number of nitrogens with zero attached hydrogens (tertiary/aromatic N) is 1. The molecule has 2 aromatic carbocycles. The maximum atomic E-state index is 10.9. The maximum Gasteiger partial charge on any atom is 0.341 e. The smallest absolute Gasteiger partial charge is 0.341 e. The van der Waals surface area contributed by atoms with Crippen molar-refractivity contribution in [1.29, 1.82) is 0 Å². The van der Waals surface area contributed by atoms with Crippen LogP contribution in [0.25, 0.3) is 0 Å². The van der Waals surface area contributed by atoms with Crippen LogP contribution in [0.2, 0.25) is 0 Å². The summed E-state index contributed by atoms with van der Waals surface area (Å²) in [4.78, 5) is 20.9. The van der Waals surface area contributed by atoms with Crippen molar-refractivity contribution in [2.75, 3.05) is 13.2 Å². The second-order valence-electron chi connectivity index (χ2n) is 7.99. The quantitative estimate of drug-likeness (QED) is 0.265. The number of rotatable bonds is 10. The number of aromatic nitrogens is 1. The van der Waals surface area contributed by atoms with Gasteiger partial charge in [-0.2, -0.15) is 5.48 Å². The van der Waals surface area contributed by atoms with Crippen molar-refractivity contribution in [3.8, 4) is 5.75 Å². The van der Waals surface area contributed by atoms with E-state index in [1.54, 1.807) is 6.20 Å². The number of pyridine rings is 1. The second kappa shape index (κ2) is 11.4. The van der Waals surface area contributed by atoms with Gasteiger partial charge < -0.3 is 9.84 Å². The third-order valence-electron chi connectivity index (χ3n) is 5.76. The molecule has 1 aliphatic rings. The molecule has 3 aromatic rings.